The summed E-state index contributed by atoms with van der Waals surface area (Å²) in [5.41, 5.74) is 8.80. The molecule has 1 heterocycles. The van der Waals surface area contributed by atoms with Gasteiger partial charge >= 0.3 is 0 Å². The van der Waals surface area contributed by atoms with Gasteiger partial charge in [0.25, 0.3) is 0 Å². The van der Waals surface area contributed by atoms with E-state index in [9.17, 15) is 0 Å². The number of benzene rings is 2. The molecule has 0 N–H and O–H groups in total. The van der Waals surface area contributed by atoms with Crippen LogP contribution in [0.4, 0.5) is 11.4 Å². The molecule has 0 aliphatic rings. The van der Waals surface area contributed by atoms with Crippen molar-refractivity contribution >= 4 is 34.4 Å². The van der Waals surface area contributed by atoms with Gasteiger partial charge < -0.3 is 0 Å². The van der Waals surface area contributed by atoms with Crippen LogP contribution in [0.2, 0.25) is 5.02 Å². The number of aliphatic imine (C=N–C) groups is 2. The quantitative estimate of drug-likeness (QED) is 0.350. The molecule has 0 saturated carbocycles. The van der Waals surface area contributed by atoms with Crippen LogP contribution in [-0.2, 0) is 0 Å². The zero-order valence-electron chi connectivity index (χ0n) is 20.1. The van der Waals surface area contributed by atoms with E-state index in [-0.39, 0.29) is 0 Å². The number of hydrogen-bond acceptors (Lipinski definition) is 3. The summed E-state index contributed by atoms with van der Waals surface area (Å²) in [7, 11) is 0. The normalized spacial score (nSPS) is 12.7. The molecular weight excluding hydrogens is 414 g/mol. The molecule has 0 unspecified atom stereocenters. The van der Waals surface area contributed by atoms with E-state index in [0.717, 1.165) is 39.7 Å². The van der Waals surface area contributed by atoms with Gasteiger partial charge in [0.15, 0.2) is 0 Å². The lowest BCUT2D eigenvalue weighted by molar-refractivity contribution is 0.834. The summed E-state index contributed by atoms with van der Waals surface area (Å²) >= 11 is 6.37. The first kappa shape index (κ1) is 23.9. The first-order valence-corrected chi connectivity index (χ1v) is 11.5. The second-order valence-electron chi connectivity index (χ2n) is 8.80. The monoisotopic (exact) mass is 445 g/mol. The van der Waals surface area contributed by atoms with Crippen LogP contribution in [0.3, 0.4) is 0 Å². The Hall–Kier alpha value is -2.78. The van der Waals surface area contributed by atoms with E-state index in [1.165, 1.54) is 11.1 Å². The van der Waals surface area contributed by atoms with Gasteiger partial charge in [0.2, 0.25) is 0 Å². The Morgan fingerprint density at radius 3 is 1.69 bits per heavy atom. The largest absolute Gasteiger partial charge is 0.251 e. The highest BCUT2D eigenvalue weighted by atomic mass is 35.5. The third-order valence-electron chi connectivity index (χ3n) is 5.58. The molecule has 2 aromatic carbocycles. The molecule has 1 aromatic heterocycles. The van der Waals surface area contributed by atoms with Gasteiger partial charge in [-0.3, -0.25) is 4.99 Å². The molecule has 0 spiro atoms. The van der Waals surface area contributed by atoms with E-state index in [2.05, 4.69) is 45.9 Å². The average molecular weight is 446 g/mol. The molecule has 0 bridgehead atoms. The molecule has 32 heavy (non-hydrogen) atoms. The lowest BCUT2D eigenvalue weighted by Gasteiger charge is -2.17. The number of aromatic nitrogens is 1. The van der Waals surface area contributed by atoms with Crippen molar-refractivity contribution in [3.8, 4) is 0 Å². The SMILES string of the molecule is CC(=Nc1c(C)cccc1Cl)c1cccc(C(C)=Nc2c(C(C)C)cccc2C(C)C)n1. The topological polar surface area (TPSA) is 37.6 Å². The maximum atomic E-state index is 6.37. The molecule has 0 atom stereocenters. The van der Waals surface area contributed by atoms with E-state index in [1.807, 2.05) is 57.2 Å². The van der Waals surface area contributed by atoms with E-state index in [1.54, 1.807) is 0 Å². The van der Waals surface area contributed by atoms with Crippen LogP contribution < -0.4 is 0 Å². The highest BCUT2D eigenvalue weighted by Crippen LogP contribution is 2.35. The molecule has 0 fully saturated rings. The molecule has 0 aliphatic carbocycles. The third-order valence-corrected chi connectivity index (χ3v) is 5.89. The second-order valence-corrected chi connectivity index (χ2v) is 9.21. The minimum absolute atomic E-state index is 0.396. The third kappa shape index (κ3) is 5.34. The maximum absolute atomic E-state index is 6.37. The van der Waals surface area contributed by atoms with Crippen LogP contribution in [-0.4, -0.2) is 16.4 Å². The van der Waals surface area contributed by atoms with Crippen LogP contribution in [0.25, 0.3) is 0 Å². The summed E-state index contributed by atoms with van der Waals surface area (Å²) < 4.78 is 0. The standard InChI is InChI=1S/C28H32ClN3/c1-17(2)22-12-9-13-23(18(3)4)28(22)31-21(7)26-16-10-15-25(32-26)20(6)30-27-19(5)11-8-14-24(27)29/h8-18H,1-7H3. The van der Waals surface area contributed by atoms with Crippen molar-refractivity contribution in [2.45, 2.75) is 60.3 Å². The molecule has 3 rings (SSSR count). The van der Waals surface area contributed by atoms with Crippen LogP contribution >= 0.6 is 11.6 Å². The molecule has 3 nitrogen and oxygen atoms in total. The Bertz CT molecular complexity index is 1130. The van der Waals surface area contributed by atoms with E-state index in [0.29, 0.717) is 16.9 Å². The zero-order valence-corrected chi connectivity index (χ0v) is 20.8. The summed E-state index contributed by atoms with van der Waals surface area (Å²) in [6.07, 6.45) is 0. The molecule has 0 amide bonds. The van der Waals surface area contributed by atoms with E-state index < -0.39 is 0 Å². The Balaban J connectivity index is 2.04. The lowest BCUT2D eigenvalue weighted by Crippen LogP contribution is -2.06. The minimum Gasteiger partial charge on any atom is -0.251 e. The summed E-state index contributed by atoms with van der Waals surface area (Å²) in [6.45, 7) is 14.8. The molecule has 3 aromatic rings. The minimum atomic E-state index is 0.396. The van der Waals surface area contributed by atoms with Crippen molar-refractivity contribution in [2.75, 3.05) is 0 Å². The van der Waals surface area contributed by atoms with Crippen LogP contribution in [0.15, 0.2) is 64.6 Å². The van der Waals surface area contributed by atoms with Crippen molar-refractivity contribution < 1.29 is 0 Å². The molecule has 0 saturated heterocycles. The predicted molar refractivity (Wildman–Crippen MR) is 139 cm³/mol. The van der Waals surface area contributed by atoms with Gasteiger partial charge in [0.05, 0.1) is 39.2 Å². The number of halogens is 1. The van der Waals surface area contributed by atoms with Gasteiger partial charge in [-0.2, -0.15) is 0 Å². The van der Waals surface area contributed by atoms with Gasteiger partial charge in [-0.05, 0) is 67.5 Å². The average Bonchev–Trinajstić information content (AvgIpc) is 2.76. The van der Waals surface area contributed by atoms with Crippen molar-refractivity contribution in [1.82, 2.24) is 4.98 Å². The molecule has 0 aliphatic heterocycles. The van der Waals surface area contributed by atoms with E-state index >= 15 is 0 Å². The fourth-order valence-corrected chi connectivity index (χ4v) is 3.96. The van der Waals surface area contributed by atoms with Crippen molar-refractivity contribution in [3.05, 3.63) is 87.7 Å². The highest BCUT2D eigenvalue weighted by molar-refractivity contribution is 6.33. The van der Waals surface area contributed by atoms with Crippen LogP contribution in [0.1, 0.15) is 81.5 Å². The highest BCUT2D eigenvalue weighted by Gasteiger charge is 2.14. The van der Waals surface area contributed by atoms with E-state index in [4.69, 9.17) is 26.6 Å². The molecule has 166 valence electrons. The number of pyridine rings is 1. The summed E-state index contributed by atoms with van der Waals surface area (Å²) in [5.74, 6) is 0.792. The molecular formula is C28H32ClN3. The van der Waals surface area contributed by atoms with Crippen molar-refractivity contribution in [1.29, 1.82) is 0 Å². The van der Waals surface area contributed by atoms with Crippen molar-refractivity contribution in [3.63, 3.8) is 0 Å². The molecule has 4 heteroatoms. The van der Waals surface area contributed by atoms with Gasteiger partial charge in [0.1, 0.15) is 0 Å². The smallest absolute Gasteiger partial charge is 0.0849 e. The fourth-order valence-electron chi connectivity index (χ4n) is 3.69. The Morgan fingerprint density at radius 2 is 1.19 bits per heavy atom. The maximum Gasteiger partial charge on any atom is 0.0849 e. The Morgan fingerprint density at radius 1 is 0.719 bits per heavy atom. The van der Waals surface area contributed by atoms with Gasteiger partial charge in [-0.15, -0.1) is 0 Å². The predicted octanol–water partition coefficient (Wildman–Crippen LogP) is 8.57. The fraction of sp³-hybridized carbons (Fsp3) is 0.321. The summed E-state index contributed by atoms with van der Waals surface area (Å²) in [6, 6.07) is 18.3. The number of aryl methyl sites for hydroxylation is 1. The Labute approximate surface area is 197 Å². The van der Waals surface area contributed by atoms with Gasteiger partial charge in [-0.25, -0.2) is 9.98 Å². The summed E-state index contributed by atoms with van der Waals surface area (Å²) in [5, 5.41) is 0.643. The number of hydrogen-bond donors (Lipinski definition) is 0. The molecule has 0 radical (unpaired) electrons. The van der Waals surface area contributed by atoms with Gasteiger partial charge in [-0.1, -0.05) is 75.7 Å². The second kappa shape index (κ2) is 10.2. The number of para-hydroxylation sites is 2. The Kier molecular flexibility index (Phi) is 7.63. The van der Waals surface area contributed by atoms with Crippen LogP contribution in [0, 0.1) is 6.92 Å². The lowest BCUT2D eigenvalue weighted by atomic mass is 9.93. The number of rotatable bonds is 6. The van der Waals surface area contributed by atoms with Crippen molar-refractivity contribution in [2.24, 2.45) is 9.98 Å². The van der Waals surface area contributed by atoms with Crippen LogP contribution in [0.5, 0.6) is 0 Å². The summed E-state index contributed by atoms with van der Waals surface area (Å²) in [4.78, 5) is 14.7. The zero-order chi connectivity index (χ0) is 23.4. The first-order chi connectivity index (χ1) is 15.2. The number of nitrogens with zero attached hydrogens (tertiary/aromatic N) is 3. The van der Waals surface area contributed by atoms with Gasteiger partial charge in [0, 0.05) is 0 Å². The first-order valence-electron chi connectivity index (χ1n) is 11.1.